The fourth-order valence-corrected chi connectivity index (χ4v) is 2.57. The van der Waals surface area contributed by atoms with Crippen LogP contribution >= 0.6 is 0 Å². The summed E-state index contributed by atoms with van der Waals surface area (Å²) >= 11 is 0. The van der Waals surface area contributed by atoms with E-state index in [2.05, 4.69) is 19.1 Å². The van der Waals surface area contributed by atoms with E-state index in [4.69, 9.17) is 5.73 Å². The monoisotopic (exact) mass is 244 g/mol. The molecule has 0 aliphatic rings. The molecule has 0 fully saturated rings. The molecule has 0 bridgehead atoms. The van der Waals surface area contributed by atoms with Crippen molar-refractivity contribution in [2.75, 3.05) is 6.54 Å². The van der Waals surface area contributed by atoms with Gasteiger partial charge >= 0.3 is 0 Å². The Kier molecular flexibility index (Phi) is 3.26. The van der Waals surface area contributed by atoms with Crippen LogP contribution in [0.2, 0.25) is 0 Å². The summed E-state index contributed by atoms with van der Waals surface area (Å²) in [6.07, 6.45) is 0. The molecule has 0 amide bonds. The largest absolute Gasteiger partial charge is 0.328 e. The Balaban J connectivity index is 2.98. The molecule has 18 heavy (non-hydrogen) atoms. The normalized spacial score (nSPS) is 12.9. The van der Waals surface area contributed by atoms with Crippen molar-refractivity contribution in [2.45, 2.75) is 33.7 Å². The summed E-state index contributed by atoms with van der Waals surface area (Å²) in [7, 11) is 0. The van der Waals surface area contributed by atoms with Gasteiger partial charge < -0.3 is 10.3 Å². The molecule has 1 atom stereocenters. The van der Waals surface area contributed by atoms with Crippen LogP contribution < -0.4 is 11.3 Å². The van der Waals surface area contributed by atoms with Crippen LogP contribution in [0.4, 0.5) is 0 Å². The van der Waals surface area contributed by atoms with E-state index in [0.717, 1.165) is 22.0 Å². The van der Waals surface area contributed by atoms with Gasteiger partial charge in [-0.3, -0.25) is 4.79 Å². The minimum atomic E-state index is 0.0157. The van der Waals surface area contributed by atoms with Gasteiger partial charge in [-0.05, 0) is 44.9 Å². The smallest absolute Gasteiger partial charge is 0.251 e. The Bertz CT molecular complexity index is 656. The maximum Gasteiger partial charge on any atom is 0.251 e. The molecule has 1 aromatic carbocycles. The topological polar surface area (TPSA) is 48.0 Å². The molecular formula is C15H20N2O. The highest BCUT2D eigenvalue weighted by molar-refractivity contribution is 5.86. The molecule has 3 nitrogen and oxygen atoms in total. The van der Waals surface area contributed by atoms with Crippen LogP contribution in [0, 0.1) is 20.8 Å². The zero-order valence-electron chi connectivity index (χ0n) is 11.4. The molecule has 1 heterocycles. The first-order valence-corrected chi connectivity index (χ1v) is 6.29. The van der Waals surface area contributed by atoms with E-state index >= 15 is 0 Å². The number of aryl methyl sites for hydroxylation is 3. The summed E-state index contributed by atoms with van der Waals surface area (Å²) in [6.45, 7) is 8.56. The van der Waals surface area contributed by atoms with Crippen LogP contribution in [0.15, 0.2) is 23.0 Å². The highest BCUT2D eigenvalue weighted by Gasteiger charge is 2.13. The first-order valence-electron chi connectivity index (χ1n) is 6.29. The minimum absolute atomic E-state index is 0.0157. The summed E-state index contributed by atoms with van der Waals surface area (Å²) in [6, 6.07) is 5.97. The maximum absolute atomic E-state index is 12.2. The number of nitrogens with zero attached hydrogens (tertiary/aromatic N) is 1. The fraction of sp³-hybridized carbons (Fsp3) is 0.400. The summed E-state index contributed by atoms with van der Waals surface area (Å²) < 4.78 is 1.82. The van der Waals surface area contributed by atoms with E-state index in [0.29, 0.717) is 6.54 Å². The Labute approximate surface area is 107 Å². The van der Waals surface area contributed by atoms with Crippen molar-refractivity contribution < 1.29 is 0 Å². The lowest BCUT2D eigenvalue weighted by molar-refractivity contribution is 0.557. The van der Waals surface area contributed by atoms with Gasteiger partial charge in [0.1, 0.15) is 0 Å². The van der Waals surface area contributed by atoms with E-state index in [1.807, 2.05) is 25.3 Å². The SMILES string of the molecule is Cc1cc(C)c2c(c1)c(C)cc(=O)n2C(C)CN. The Hall–Kier alpha value is -1.61. The van der Waals surface area contributed by atoms with Crippen molar-refractivity contribution in [2.24, 2.45) is 5.73 Å². The lowest BCUT2D eigenvalue weighted by Crippen LogP contribution is -2.28. The predicted molar refractivity (Wildman–Crippen MR) is 76.2 cm³/mol. The number of aromatic nitrogens is 1. The lowest BCUT2D eigenvalue weighted by Gasteiger charge is -2.19. The molecule has 0 radical (unpaired) electrons. The highest BCUT2D eigenvalue weighted by atomic mass is 16.1. The van der Waals surface area contributed by atoms with E-state index in [9.17, 15) is 4.79 Å². The van der Waals surface area contributed by atoms with Crippen molar-refractivity contribution in [3.05, 3.63) is 45.2 Å². The van der Waals surface area contributed by atoms with Gasteiger partial charge in [-0.25, -0.2) is 0 Å². The van der Waals surface area contributed by atoms with Gasteiger partial charge in [-0.1, -0.05) is 11.6 Å². The van der Waals surface area contributed by atoms with Gasteiger partial charge in [0.25, 0.3) is 5.56 Å². The molecule has 2 rings (SSSR count). The Morgan fingerprint density at radius 3 is 2.44 bits per heavy atom. The number of rotatable bonds is 2. The van der Waals surface area contributed by atoms with E-state index < -0.39 is 0 Å². The van der Waals surface area contributed by atoms with E-state index in [1.165, 1.54) is 5.56 Å². The average molecular weight is 244 g/mol. The molecular weight excluding hydrogens is 224 g/mol. The fourth-order valence-electron chi connectivity index (χ4n) is 2.57. The predicted octanol–water partition coefficient (Wildman–Crippen LogP) is 2.45. The third kappa shape index (κ3) is 1.95. The summed E-state index contributed by atoms with van der Waals surface area (Å²) in [5.41, 5.74) is 10.1. The quantitative estimate of drug-likeness (QED) is 0.882. The third-order valence-electron chi connectivity index (χ3n) is 3.47. The first-order chi connectivity index (χ1) is 8.45. The number of hydrogen-bond donors (Lipinski definition) is 1. The third-order valence-corrected chi connectivity index (χ3v) is 3.47. The number of hydrogen-bond acceptors (Lipinski definition) is 2. The Morgan fingerprint density at radius 1 is 1.17 bits per heavy atom. The highest BCUT2D eigenvalue weighted by Crippen LogP contribution is 2.24. The molecule has 0 aliphatic heterocycles. The second-order valence-corrected chi connectivity index (χ2v) is 5.10. The molecule has 3 heteroatoms. The van der Waals surface area contributed by atoms with Gasteiger partial charge in [-0.2, -0.15) is 0 Å². The van der Waals surface area contributed by atoms with Crippen LogP contribution in [0.1, 0.15) is 29.7 Å². The van der Waals surface area contributed by atoms with Crippen LogP contribution in [0.5, 0.6) is 0 Å². The number of benzene rings is 1. The molecule has 2 aromatic rings. The van der Waals surface area contributed by atoms with Crippen LogP contribution in [-0.2, 0) is 0 Å². The Morgan fingerprint density at radius 2 is 1.83 bits per heavy atom. The summed E-state index contributed by atoms with van der Waals surface area (Å²) in [4.78, 5) is 12.2. The summed E-state index contributed by atoms with van der Waals surface area (Å²) in [5, 5.41) is 1.15. The van der Waals surface area contributed by atoms with E-state index in [1.54, 1.807) is 6.07 Å². The van der Waals surface area contributed by atoms with Gasteiger partial charge in [0.2, 0.25) is 0 Å². The lowest BCUT2D eigenvalue weighted by atomic mass is 10.0. The number of pyridine rings is 1. The summed E-state index contributed by atoms with van der Waals surface area (Å²) in [5.74, 6) is 0. The van der Waals surface area contributed by atoms with Crippen molar-refractivity contribution in [3.63, 3.8) is 0 Å². The van der Waals surface area contributed by atoms with Crippen molar-refractivity contribution >= 4 is 10.9 Å². The van der Waals surface area contributed by atoms with Gasteiger partial charge in [0.15, 0.2) is 0 Å². The second-order valence-electron chi connectivity index (χ2n) is 5.10. The molecule has 0 spiro atoms. The first kappa shape index (κ1) is 12.8. The van der Waals surface area contributed by atoms with E-state index in [-0.39, 0.29) is 11.6 Å². The average Bonchev–Trinajstić information content (AvgIpc) is 2.30. The van der Waals surface area contributed by atoms with Gasteiger partial charge in [0, 0.05) is 24.0 Å². The van der Waals surface area contributed by atoms with Gasteiger partial charge in [-0.15, -0.1) is 0 Å². The molecule has 2 N–H and O–H groups in total. The zero-order valence-corrected chi connectivity index (χ0v) is 11.4. The van der Waals surface area contributed by atoms with Crippen molar-refractivity contribution in [1.29, 1.82) is 0 Å². The zero-order chi connectivity index (χ0) is 13.4. The van der Waals surface area contributed by atoms with Crippen LogP contribution in [-0.4, -0.2) is 11.1 Å². The molecule has 1 unspecified atom stereocenters. The number of nitrogens with two attached hydrogens (primary N) is 1. The van der Waals surface area contributed by atoms with Crippen LogP contribution in [0.3, 0.4) is 0 Å². The second kappa shape index (κ2) is 4.58. The van der Waals surface area contributed by atoms with Gasteiger partial charge in [0.05, 0.1) is 5.52 Å². The molecule has 0 saturated heterocycles. The van der Waals surface area contributed by atoms with Crippen molar-refractivity contribution in [1.82, 2.24) is 4.57 Å². The maximum atomic E-state index is 12.2. The molecule has 1 aromatic heterocycles. The standard InChI is InChI=1S/C15H20N2O/c1-9-5-11(3)15-13(6-9)10(2)7-14(18)17(15)12(4)8-16/h5-7,12H,8,16H2,1-4H3. The molecule has 0 aliphatic carbocycles. The van der Waals surface area contributed by atoms with Crippen LogP contribution in [0.25, 0.3) is 10.9 Å². The minimum Gasteiger partial charge on any atom is -0.328 e. The molecule has 96 valence electrons. The molecule has 0 saturated carbocycles. The number of fused-ring (bicyclic) bond motifs is 1. The van der Waals surface area contributed by atoms with Crippen molar-refractivity contribution in [3.8, 4) is 0 Å².